The van der Waals surface area contributed by atoms with E-state index >= 15 is 0 Å². The number of rotatable bonds is 4. The van der Waals surface area contributed by atoms with E-state index in [1.165, 1.54) is 7.11 Å². The van der Waals surface area contributed by atoms with Crippen molar-refractivity contribution in [2.75, 3.05) is 33.4 Å². The highest BCUT2D eigenvalue weighted by Crippen LogP contribution is 2.31. The molecule has 0 amide bonds. The number of carbonyl (C=O) groups excluding carboxylic acids is 1. The van der Waals surface area contributed by atoms with Crippen molar-refractivity contribution in [3.63, 3.8) is 0 Å². The van der Waals surface area contributed by atoms with Gasteiger partial charge in [0.05, 0.1) is 13.2 Å². The molecule has 8 heteroatoms. The average Bonchev–Trinajstić information content (AvgIpc) is 2.62. The third-order valence-corrected chi connectivity index (χ3v) is 4.36. The van der Waals surface area contributed by atoms with Gasteiger partial charge in [-0.1, -0.05) is 12.1 Å². The molecule has 0 aliphatic carbocycles. The molecule has 1 aromatic rings. The SMILES string of the molecule is COC(=O)O[C@H]1CN(CCC2COc3ccccc3O2)CC[C@H]1O.Cl. The topological polar surface area (TPSA) is 77.5 Å². The van der Waals surface area contributed by atoms with Crippen LogP contribution in [-0.4, -0.2) is 67.8 Å². The Morgan fingerprint density at radius 3 is 2.88 bits per heavy atom. The molecule has 1 fully saturated rings. The Kier molecular flexibility index (Phi) is 7.16. The molecule has 25 heavy (non-hydrogen) atoms. The molecule has 0 radical (unpaired) electrons. The number of methoxy groups -OCH3 is 1. The molecule has 7 nitrogen and oxygen atoms in total. The van der Waals surface area contributed by atoms with E-state index in [0.717, 1.165) is 31.0 Å². The first-order chi connectivity index (χ1) is 11.7. The first-order valence-electron chi connectivity index (χ1n) is 8.19. The average molecular weight is 374 g/mol. The summed E-state index contributed by atoms with van der Waals surface area (Å²) in [6.07, 6.45) is -0.618. The molecule has 3 rings (SSSR count). The lowest BCUT2D eigenvalue weighted by Gasteiger charge is -2.36. The maximum atomic E-state index is 11.2. The van der Waals surface area contributed by atoms with E-state index in [-0.39, 0.29) is 18.5 Å². The number of hydrogen-bond acceptors (Lipinski definition) is 7. The van der Waals surface area contributed by atoms with Gasteiger partial charge in [0.2, 0.25) is 0 Å². The third kappa shape index (κ3) is 5.14. The van der Waals surface area contributed by atoms with Crippen LogP contribution in [0.2, 0.25) is 0 Å². The Hall–Kier alpha value is -1.70. The molecule has 0 saturated carbocycles. The molecule has 1 N–H and O–H groups in total. The quantitative estimate of drug-likeness (QED) is 0.807. The van der Waals surface area contributed by atoms with E-state index in [9.17, 15) is 9.90 Å². The van der Waals surface area contributed by atoms with Crippen LogP contribution in [0, 0.1) is 0 Å². The predicted molar refractivity (Wildman–Crippen MR) is 92.6 cm³/mol. The Morgan fingerprint density at radius 2 is 2.12 bits per heavy atom. The molecule has 2 heterocycles. The number of halogens is 1. The largest absolute Gasteiger partial charge is 0.508 e. The van der Waals surface area contributed by atoms with Crippen molar-refractivity contribution in [1.82, 2.24) is 4.90 Å². The van der Waals surface area contributed by atoms with E-state index in [2.05, 4.69) is 9.64 Å². The standard InChI is InChI=1S/C17H23NO6.ClH/c1-21-17(20)24-16-10-18(9-7-13(16)19)8-6-12-11-22-14-4-2-3-5-15(14)23-12;/h2-5,12-13,16,19H,6-11H2,1H3;1H/t12?,13-,16+;/m1./s1. The van der Waals surface area contributed by atoms with Gasteiger partial charge in [-0.05, 0) is 18.6 Å². The lowest BCUT2D eigenvalue weighted by atomic mass is 10.0. The number of likely N-dealkylation sites (tertiary alicyclic amines) is 1. The van der Waals surface area contributed by atoms with Crippen molar-refractivity contribution in [1.29, 1.82) is 0 Å². The minimum absolute atomic E-state index is 0. The molecule has 0 spiro atoms. The van der Waals surface area contributed by atoms with Crippen LogP contribution in [0.5, 0.6) is 11.5 Å². The van der Waals surface area contributed by atoms with Gasteiger partial charge in [-0.15, -0.1) is 12.4 Å². The van der Waals surface area contributed by atoms with Crippen molar-refractivity contribution in [3.8, 4) is 11.5 Å². The van der Waals surface area contributed by atoms with Gasteiger partial charge in [-0.2, -0.15) is 0 Å². The fourth-order valence-corrected chi connectivity index (χ4v) is 2.99. The van der Waals surface area contributed by atoms with E-state index < -0.39 is 18.4 Å². The highest BCUT2D eigenvalue weighted by atomic mass is 35.5. The summed E-state index contributed by atoms with van der Waals surface area (Å²) >= 11 is 0. The minimum Gasteiger partial charge on any atom is -0.486 e. The van der Waals surface area contributed by atoms with Gasteiger partial charge in [-0.3, -0.25) is 4.90 Å². The maximum Gasteiger partial charge on any atom is 0.508 e. The first-order valence-corrected chi connectivity index (χ1v) is 8.19. The fraction of sp³-hybridized carbons (Fsp3) is 0.588. The van der Waals surface area contributed by atoms with E-state index in [1.807, 2.05) is 24.3 Å². The summed E-state index contributed by atoms with van der Waals surface area (Å²) in [6, 6.07) is 7.64. The number of aliphatic hydroxyl groups is 1. The molecule has 1 aromatic carbocycles. The van der Waals surface area contributed by atoms with Gasteiger partial charge in [0.15, 0.2) is 11.5 Å². The number of hydrogen-bond donors (Lipinski definition) is 1. The first kappa shape index (κ1) is 19.6. The number of benzene rings is 1. The Morgan fingerprint density at radius 1 is 1.36 bits per heavy atom. The van der Waals surface area contributed by atoms with Crippen LogP contribution in [0.1, 0.15) is 12.8 Å². The molecule has 140 valence electrons. The maximum absolute atomic E-state index is 11.2. The second-order valence-electron chi connectivity index (χ2n) is 6.05. The van der Waals surface area contributed by atoms with Crippen LogP contribution >= 0.6 is 12.4 Å². The number of nitrogens with zero attached hydrogens (tertiary/aromatic N) is 1. The molecule has 0 bridgehead atoms. The number of aliphatic hydroxyl groups excluding tert-OH is 1. The molecular formula is C17H24ClNO6. The van der Waals surface area contributed by atoms with Crippen LogP contribution in [0.4, 0.5) is 4.79 Å². The number of carbonyl (C=O) groups is 1. The van der Waals surface area contributed by atoms with Crippen LogP contribution in [0.15, 0.2) is 24.3 Å². The molecule has 2 aliphatic rings. The second kappa shape index (κ2) is 9.12. The van der Waals surface area contributed by atoms with Gasteiger partial charge in [0.25, 0.3) is 0 Å². The Bertz CT molecular complexity index is 572. The summed E-state index contributed by atoms with van der Waals surface area (Å²) in [7, 11) is 1.26. The zero-order chi connectivity index (χ0) is 16.9. The molecule has 1 saturated heterocycles. The van der Waals surface area contributed by atoms with Crippen LogP contribution in [-0.2, 0) is 9.47 Å². The summed E-state index contributed by atoms with van der Waals surface area (Å²) in [4.78, 5) is 13.4. The number of para-hydroxylation sites is 2. The van der Waals surface area contributed by atoms with Crippen molar-refractivity contribution >= 4 is 18.6 Å². The van der Waals surface area contributed by atoms with E-state index in [0.29, 0.717) is 19.6 Å². The van der Waals surface area contributed by atoms with E-state index in [4.69, 9.17) is 14.2 Å². The Labute approximate surface area is 153 Å². The smallest absolute Gasteiger partial charge is 0.486 e. The number of piperidine rings is 1. The Balaban J connectivity index is 0.00000225. The third-order valence-electron chi connectivity index (χ3n) is 4.36. The fourth-order valence-electron chi connectivity index (χ4n) is 2.99. The van der Waals surface area contributed by atoms with Gasteiger partial charge in [0, 0.05) is 26.1 Å². The number of fused-ring (bicyclic) bond motifs is 1. The molecule has 2 aliphatic heterocycles. The van der Waals surface area contributed by atoms with Crippen LogP contribution < -0.4 is 9.47 Å². The van der Waals surface area contributed by atoms with Crippen LogP contribution in [0.25, 0.3) is 0 Å². The van der Waals surface area contributed by atoms with Gasteiger partial charge in [-0.25, -0.2) is 4.79 Å². The lowest BCUT2D eigenvalue weighted by molar-refractivity contribution is -0.0660. The van der Waals surface area contributed by atoms with Gasteiger partial charge >= 0.3 is 6.16 Å². The molecule has 1 unspecified atom stereocenters. The summed E-state index contributed by atoms with van der Waals surface area (Å²) in [5.74, 6) is 1.55. The normalized spacial score (nSPS) is 25.6. The molecule has 0 aromatic heterocycles. The summed E-state index contributed by atoms with van der Waals surface area (Å²) in [5.41, 5.74) is 0. The summed E-state index contributed by atoms with van der Waals surface area (Å²) < 4.78 is 21.3. The summed E-state index contributed by atoms with van der Waals surface area (Å²) in [6.45, 7) is 2.55. The van der Waals surface area contributed by atoms with Gasteiger partial charge in [0.1, 0.15) is 18.8 Å². The van der Waals surface area contributed by atoms with Crippen molar-refractivity contribution in [2.24, 2.45) is 0 Å². The highest BCUT2D eigenvalue weighted by Gasteiger charge is 2.31. The highest BCUT2D eigenvalue weighted by molar-refractivity contribution is 5.85. The monoisotopic (exact) mass is 373 g/mol. The number of ether oxygens (including phenoxy) is 4. The van der Waals surface area contributed by atoms with Crippen LogP contribution in [0.3, 0.4) is 0 Å². The van der Waals surface area contributed by atoms with Crippen molar-refractivity contribution < 1.29 is 28.8 Å². The van der Waals surface area contributed by atoms with Gasteiger partial charge < -0.3 is 24.1 Å². The zero-order valence-electron chi connectivity index (χ0n) is 14.1. The van der Waals surface area contributed by atoms with E-state index in [1.54, 1.807) is 0 Å². The predicted octanol–water partition coefficient (Wildman–Crippen LogP) is 1.86. The summed E-state index contributed by atoms with van der Waals surface area (Å²) in [5, 5.41) is 9.95. The molecule has 3 atom stereocenters. The zero-order valence-corrected chi connectivity index (χ0v) is 14.9. The van der Waals surface area contributed by atoms with Crippen molar-refractivity contribution in [2.45, 2.75) is 31.2 Å². The second-order valence-corrected chi connectivity index (χ2v) is 6.05. The minimum atomic E-state index is -0.762. The molecular weight excluding hydrogens is 350 g/mol. The lowest BCUT2D eigenvalue weighted by Crippen LogP contribution is -2.49. The van der Waals surface area contributed by atoms with Crippen molar-refractivity contribution in [3.05, 3.63) is 24.3 Å².